The molecule has 1 aliphatic heterocycles. The normalized spacial score (nSPS) is 17.2. The number of nitrogens with zero attached hydrogens (tertiary/aromatic N) is 3. The van der Waals surface area contributed by atoms with Crippen LogP contribution in [0, 0.1) is 3.57 Å². The zero-order valence-corrected chi connectivity index (χ0v) is 20.5. The first-order valence-corrected chi connectivity index (χ1v) is 14.8. The number of nitrogens with one attached hydrogen (secondary N) is 2. The van der Waals surface area contributed by atoms with Crippen molar-refractivity contribution >= 4 is 42.1 Å². The van der Waals surface area contributed by atoms with E-state index in [0.29, 0.717) is 12.8 Å². The molecule has 0 aliphatic carbocycles. The van der Waals surface area contributed by atoms with Crippen LogP contribution in [0.4, 0.5) is 5.82 Å². The third-order valence-corrected chi connectivity index (χ3v) is 7.42. The molecule has 3 rings (SSSR count). The maximum Gasteiger partial charge on any atom is 0.171 e. The van der Waals surface area contributed by atoms with Gasteiger partial charge in [0.2, 0.25) is 0 Å². The summed E-state index contributed by atoms with van der Waals surface area (Å²) in [5.41, 5.74) is 1.89. The van der Waals surface area contributed by atoms with E-state index in [-0.39, 0.29) is 6.04 Å². The summed E-state index contributed by atoms with van der Waals surface area (Å²) >= 11 is 2.29. The highest BCUT2D eigenvalue weighted by Crippen LogP contribution is 2.22. The third-order valence-electron chi connectivity index (χ3n) is 4.95. The second-order valence-corrected chi connectivity index (χ2v) is 15.4. The van der Waals surface area contributed by atoms with E-state index in [1.54, 1.807) is 0 Å². The number of hydrogen-bond acceptors (Lipinski definition) is 6. The smallest absolute Gasteiger partial charge is 0.171 e. The lowest BCUT2D eigenvalue weighted by Gasteiger charge is -2.26. The summed E-state index contributed by atoms with van der Waals surface area (Å²) in [7, 11) is -1.07. The molecule has 0 amide bonds. The second kappa shape index (κ2) is 9.83. The molecule has 3 heterocycles. The van der Waals surface area contributed by atoms with Gasteiger partial charge in [0.25, 0.3) is 0 Å². The number of fused-ring (bicyclic) bond motifs is 1. The molecule has 7 nitrogen and oxygen atoms in total. The molecule has 9 heteroatoms. The molecule has 28 heavy (non-hydrogen) atoms. The van der Waals surface area contributed by atoms with Gasteiger partial charge in [-0.15, -0.1) is 0 Å². The van der Waals surface area contributed by atoms with Gasteiger partial charge in [0.05, 0.1) is 15.5 Å². The maximum absolute atomic E-state index is 5.82. The van der Waals surface area contributed by atoms with Crippen LogP contribution in [-0.2, 0) is 9.47 Å². The van der Waals surface area contributed by atoms with Crippen LogP contribution in [0.1, 0.15) is 31.5 Å². The Labute approximate surface area is 182 Å². The molecule has 0 aromatic carbocycles. The van der Waals surface area contributed by atoms with Crippen molar-refractivity contribution < 1.29 is 9.47 Å². The van der Waals surface area contributed by atoms with E-state index in [1.807, 2.05) is 10.7 Å². The lowest BCUT2D eigenvalue weighted by atomic mass is 10.1. The van der Waals surface area contributed by atoms with Gasteiger partial charge < -0.3 is 20.1 Å². The van der Waals surface area contributed by atoms with Gasteiger partial charge >= 0.3 is 0 Å². The molecule has 0 saturated carbocycles. The lowest BCUT2D eigenvalue weighted by molar-refractivity contribution is 0.0753. The zero-order chi connectivity index (χ0) is 20.1. The van der Waals surface area contributed by atoms with Gasteiger partial charge in [-0.05, 0) is 48.4 Å². The van der Waals surface area contributed by atoms with Gasteiger partial charge in [0.1, 0.15) is 12.5 Å². The first kappa shape index (κ1) is 21.9. The molecule has 2 N–H and O–H groups in total. The zero-order valence-electron chi connectivity index (χ0n) is 17.3. The Morgan fingerprint density at radius 2 is 2.11 bits per heavy atom. The third kappa shape index (κ3) is 6.12. The van der Waals surface area contributed by atoms with Crippen LogP contribution < -0.4 is 10.6 Å². The largest absolute Gasteiger partial charge is 0.381 e. The highest BCUT2D eigenvalue weighted by atomic mass is 127. The van der Waals surface area contributed by atoms with E-state index < -0.39 is 8.07 Å². The molecule has 156 valence electrons. The lowest BCUT2D eigenvalue weighted by Crippen LogP contribution is -2.36. The predicted octanol–water partition coefficient (Wildman–Crippen LogP) is 3.89. The van der Waals surface area contributed by atoms with Crippen LogP contribution in [0.15, 0.2) is 12.3 Å². The number of halogens is 1. The van der Waals surface area contributed by atoms with E-state index in [4.69, 9.17) is 14.5 Å². The van der Waals surface area contributed by atoms with Gasteiger partial charge in [-0.25, -0.2) is 4.98 Å². The molecule has 0 radical (unpaired) electrons. The fourth-order valence-electron chi connectivity index (χ4n) is 3.18. The molecular formula is C19H32IN5O2Si. The Bertz CT molecular complexity index is 774. The molecule has 2 aromatic rings. The van der Waals surface area contributed by atoms with Crippen molar-refractivity contribution in [3.8, 4) is 0 Å². The van der Waals surface area contributed by atoms with E-state index in [2.05, 4.69) is 71.0 Å². The van der Waals surface area contributed by atoms with Crippen LogP contribution in [-0.4, -0.2) is 55.3 Å². The van der Waals surface area contributed by atoms with Crippen molar-refractivity contribution in [3.05, 3.63) is 21.5 Å². The average molecular weight is 517 g/mol. The average Bonchev–Trinajstić information content (AvgIpc) is 3.02. The van der Waals surface area contributed by atoms with E-state index in [9.17, 15) is 0 Å². The fraction of sp³-hybridized carbons (Fsp3) is 0.684. The van der Waals surface area contributed by atoms with Crippen LogP contribution in [0.3, 0.4) is 0 Å². The highest BCUT2D eigenvalue weighted by Gasteiger charge is 2.19. The summed E-state index contributed by atoms with van der Waals surface area (Å²) in [6.07, 6.45) is 3.94. The molecule has 1 aliphatic rings. The summed E-state index contributed by atoms with van der Waals surface area (Å²) < 4.78 is 14.2. The second-order valence-electron chi connectivity index (χ2n) is 8.61. The number of ether oxygens (including phenoxy) is 2. The topological polar surface area (TPSA) is 72.7 Å². The Morgan fingerprint density at radius 3 is 2.82 bits per heavy atom. The van der Waals surface area contributed by atoms with E-state index in [0.717, 1.165) is 59.4 Å². The standard InChI is InChI=1S/C19H32IN5O2Si/c1-14(23-15-5-7-26-8-6-15)17-11-18(21-13-27-9-10-28(2,3)4)25-19(24-17)16(20)12-22-25/h11-12,14-15,21,23H,5-10,13H2,1-4H3. The molecule has 0 spiro atoms. The van der Waals surface area contributed by atoms with Crippen LogP contribution >= 0.6 is 22.6 Å². The summed E-state index contributed by atoms with van der Waals surface area (Å²) in [5, 5.41) is 11.6. The number of rotatable bonds is 9. The Balaban J connectivity index is 1.68. The molecule has 1 saturated heterocycles. The van der Waals surface area contributed by atoms with Crippen LogP contribution in [0.2, 0.25) is 25.7 Å². The van der Waals surface area contributed by atoms with Crippen molar-refractivity contribution in [2.24, 2.45) is 0 Å². The maximum atomic E-state index is 5.82. The van der Waals surface area contributed by atoms with Gasteiger partial charge in [-0.1, -0.05) is 19.6 Å². The number of aromatic nitrogens is 3. The molecule has 1 fully saturated rings. The monoisotopic (exact) mass is 517 g/mol. The number of hydrogen-bond donors (Lipinski definition) is 2. The van der Waals surface area contributed by atoms with E-state index >= 15 is 0 Å². The van der Waals surface area contributed by atoms with Crippen LogP contribution in [0.25, 0.3) is 5.65 Å². The first-order chi connectivity index (χ1) is 13.3. The molecule has 1 unspecified atom stereocenters. The summed E-state index contributed by atoms with van der Waals surface area (Å²) in [6, 6.07) is 3.88. The van der Waals surface area contributed by atoms with Crippen molar-refractivity contribution in [2.45, 2.75) is 57.5 Å². The van der Waals surface area contributed by atoms with Gasteiger partial charge in [0, 0.05) is 46.0 Å². The van der Waals surface area contributed by atoms with E-state index in [1.165, 1.54) is 0 Å². The predicted molar refractivity (Wildman–Crippen MR) is 124 cm³/mol. The molecule has 1 atom stereocenters. The first-order valence-electron chi connectivity index (χ1n) is 10.0. The van der Waals surface area contributed by atoms with Crippen molar-refractivity contribution in [2.75, 3.05) is 31.9 Å². The quantitative estimate of drug-likeness (QED) is 0.228. The minimum Gasteiger partial charge on any atom is -0.381 e. The van der Waals surface area contributed by atoms with Gasteiger partial charge in [-0.2, -0.15) is 9.61 Å². The summed E-state index contributed by atoms with van der Waals surface area (Å²) in [6.45, 7) is 12.2. The van der Waals surface area contributed by atoms with Crippen molar-refractivity contribution in [1.29, 1.82) is 0 Å². The SMILES string of the molecule is CC(NC1CCOCC1)c1cc(NCOCC[Si](C)(C)C)n2ncc(I)c2n1. The van der Waals surface area contributed by atoms with Gasteiger partial charge in [0.15, 0.2) is 5.65 Å². The van der Waals surface area contributed by atoms with Gasteiger partial charge in [-0.3, -0.25) is 0 Å². The van der Waals surface area contributed by atoms with Crippen molar-refractivity contribution in [3.63, 3.8) is 0 Å². The van der Waals surface area contributed by atoms with Crippen molar-refractivity contribution in [1.82, 2.24) is 19.9 Å². The Hall–Kier alpha value is -0.753. The fourth-order valence-corrected chi connectivity index (χ4v) is 4.41. The van der Waals surface area contributed by atoms with Crippen LogP contribution in [0.5, 0.6) is 0 Å². The summed E-state index contributed by atoms with van der Waals surface area (Å²) in [5.74, 6) is 0.913. The minimum absolute atomic E-state index is 0.159. The molecular weight excluding hydrogens is 485 g/mol. The molecule has 2 aromatic heterocycles. The number of anilines is 1. The Kier molecular flexibility index (Phi) is 7.71. The Morgan fingerprint density at radius 1 is 1.36 bits per heavy atom. The minimum atomic E-state index is -1.07. The molecule has 0 bridgehead atoms. The summed E-state index contributed by atoms with van der Waals surface area (Å²) in [4.78, 5) is 4.86. The highest BCUT2D eigenvalue weighted by molar-refractivity contribution is 14.1.